The highest BCUT2D eigenvalue weighted by Gasteiger charge is 2.41. The lowest BCUT2D eigenvalue weighted by atomic mass is 9.75. The fraction of sp³-hybridized carbons (Fsp3) is 0.368. The zero-order valence-electron chi connectivity index (χ0n) is 12.8. The van der Waals surface area contributed by atoms with Crippen LogP contribution in [0.4, 0.5) is 0 Å². The van der Waals surface area contributed by atoms with Crippen molar-refractivity contribution in [3.63, 3.8) is 0 Å². The van der Waals surface area contributed by atoms with Crippen LogP contribution in [0.5, 0.6) is 0 Å². The van der Waals surface area contributed by atoms with Crippen molar-refractivity contribution in [3.8, 4) is 0 Å². The summed E-state index contributed by atoms with van der Waals surface area (Å²) in [6.07, 6.45) is 17.2. The summed E-state index contributed by atoms with van der Waals surface area (Å²) in [5, 5.41) is 0. The molecule has 108 valence electrons. The summed E-state index contributed by atoms with van der Waals surface area (Å²) >= 11 is 2.02. The van der Waals surface area contributed by atoms with Gasteiger partial charge in [0.05, 0.1) is 16.6 Å². The lowest BCUT2D eigenvalue weighted by Crippen LogP contribution is -2.41. The molecule has 0 saturated carbocycles. The molecule has 3 unspecified atom stereocenters. The van der Waals surface area contributed by atoms with Gasteiger partial charge in [-0.15, -0.1) is 11.3 Å². The number of hydrogen-bond acceptors (Lipinski definition) is 2. The van der Waals surface area contributed by atoms with Crippen molar-refractivity contribution in [1.29, 1.82) is 0 Å². The number of rotatable bonds is 1. The molecule has 0 aromatic carbocycles. The highest BCUT2D eigenvalue weighted by molar-refractivity contribution is 7.13. The second kappa shape index (κ2) is 4.74. The standard InChI is InChI=1S/C19H21NS/c1-4-5-9-16-19-17(13-10-11-15(13)20(16)3)14-8-6-7-12(2)18(14)21-19/h4-6,8-13,15H,7H2,1-3H3/b5-4-,16-9-. The average molecular weight is 295 g/mol. The Morgan fingerprint density at radius 1 is 1.33 bits per heavy atom. The summed E-state index contributed by atoms with van der Waals surface area (Å²) in [7, 11) is 2.23. The van der Waals surface area contributed by atoms with Crippen LogP contribution in [0.25, 0.3) is 11.8 Å². The number of thiophene rings is 1. The summed E-state index contributed by atoms with van der Waals surface area (Å²) in [5.41, 5.74) is 4.49. The third-order valence-electron chi connectivity index (χ3n) is 4.96. The van der Waals surface area contributed by atoms with Gasteiger partial charge in [-0.05, 0) is 36.5 Å². The Morgan fingerprint density at radius 2 is 2.19 bits per heavy atom. The number of fused-ring (bicyclic) bond motifs is 5. The van der Waals surface area contributed by atoms with Crippen LogP contribution in [0.15, 0.2) is 36.5 Å². The molecule has 1 aliphatic heterocycles. The Kier molecular flexibility index (Phi) is 2.97. The predicted octanol–water partition coefficient (Wildman–Crippen LogP) is 5.15. The normalized spacial score (nSPS) is 31.3. The van der Waals surface area contributed by atoms with Crippen molar-refractivity contribution in [3.05, 3.63) is 57.3 Å². The van der Waals surface area contributed by atoms with Crippen molar-refractivity contribution in [1.82, 2.24) is 4.90 Å². The smallest absolute Gasteiger partial charge is 0.0574 e. The third kappa shape index (κ3) is 1.75. The molecule has 2 heteroatoms. The van der Waals surface area contributed by atoms with Gasteiger partial charge in [-0.2, -0.15) is 0 Å². The molecule has 2 heterocycles. The van der Waals surface area contributed by atoms with Crippen molar-refractivity contribution in [2.75, 3.05) is 7.05 Å². The monoisotopic (exact) mass is 295 g/mol. The number of nitrogens with zero attached hydrogens (tertiary/aromatic N) is 1. The minimum atomic E-state index is 0.540. The van der Waals surface area contributed by atoms with Gasteiger partial charge >= 0.3 is 0 Å². The molecule has 1 nitrogen and oxygen atoms in total. The predicted molar refractivity (Wildman–Crippen MR) is 92.6 cm³/mol. The van der Waals surface area contributed by atoms with Gasteiger partial charge in [0.2, 0.25) is 0 Å². The summed E-state index contributed by atoms with van der Waals surface area (Å²) in [6.45, 7) is 4.44. The van der Waals surface area contributed by atoms with E-state index in [0.717, 1.165) is 0 Å². The molecule has 3 atom stereocenters. The van der Waals surface area contributed by atoms with E-state index in [-0.39, 0.29) is 0 Å². The molecule has 0 fully saturated rings. The number of hydrogen-bond donors (Lipinski definition) is 0. The SMILES string of the molecule is C/C=C\C=C1\c2sc3c(c2C2C=CC2N1C)C=CCC3C. The highest BCUT2D eigenvalue weighted by atomic mass is 32.1. The van der Waals surface area contributed by atoms with Gasteiger partial charge in [0, 0.05) is 17.8 Å². The minimum Gasteiger partial charge on any atom is -0.366 e. The quantitative estimate of drug-likeness (QED) is 0.647. The first-order valence-corrected chi connectivity index (χ1v) is 8.61. The highest BCUT2D eigenvalue weighted by Crippen LogP contribution is 2.53. The van der Waals surface area contributed by atoms with Gasteiger partial charge in [-0.1, -0.05) is 43.4 Å². The van der Waals surface area contributed by atoms with Crippen LogP contribution in [0.1, 0.15) is 53.0 Å². The van der Waals surface area contributed by atoms with Crippen LogP contribution in [0.2, 0.25) is 0 Å². The van der Waals surface area contributed by atoms with E-state index in [4.69, 9.17) is 0 Å². The van der Waals surface area contributed by atoms with Crippen molar-refractivity contribution < 1.29 is 0 Å². The maximum atomic E-state index is 2.45. The Morgan fingerprint density at radius 3 is 2.90 bits per heavy atom. The summed E-state index contributed by atoms with van der Waals surface area (Å²) < 4.78 is 0. The van der Waals surface area contributed by atoms with Crippen LogP contribution in [0, 0.1) is 0 Å². The second-order valence-electron chi connectivity index (χ2n) is 6.25. The lowest BCUT2D eigenvalue weighted by molar-refractivity contribution is 0.341. The molecule has 1 aromatic heterocycles. The molecule has 0 amide bonds. The largest absolute Gasteiger partial charge is 0.366 e. The molecule has 0 bridgehead atoms. The second-order valence-corrected chi connectivity index (χ2v) is 7.30. The van der Waals surface area contributed by atoms with Crippen molar-refractivity contribution in [2.45, 2.75) is 38.1 Å². The Balaban J connectivity index is 1.95. The van der Waals surface area contributed by atoms with Crippen LogP contribution in [-0.2, 0) is 0 Å². The molecule has 4 rings (SSSR count). The van der Waals surface area contributed by atoms with E-state index in [0.29, 0.717) is 17.9 Å². The van der Waals surface area contributed by atoms with Crippen LogP contribution in [-0.4, -0.2) is 18.0 Å². The fourth-order valence-electron chi connectivity index (χ4n) is 3.69. The molecule has 0 saturated heterocycles. The van der Waals surface area contributed by atoms with Crippen molar-refractivity contribution >= 4 is 23.1 Å². The van der Waals surface area contributed by atoms with Crippen LogP contribution in [0.3, 0.4) is 0 Å². The Labute approximate surface area is 131 Å². The maximum absolute atomic E-state index is 2.45. The average Bonchev–Trinajstić information content (AvgIpc) is 2.79. The molecule has 2 aliphatic carbocycles. The zero-order chi connectivity index (χ0) is 14.6. The fourth-order valence-corrected chi connectivity index (χ4v) is 5.17. The topological polar surface area (TPSA) is 3.24 Å². The van der Waals surface area contributed by atoms with Gasteiger partial charge in [0.25, 0.3) is 0 Å². The zero-order valence-corrected chi connectivity index (χ0v) is 13.7. The molecule has 0 N–H and O–H groups in total. The molecule has 21 heavy (non-hydrogen) atoms. The van der Waals surface area contributed by atoms with E-state index in [1.807, 2.05) is 11.3 Å². The summed E-state index contributed by atoms with van der Waals surface area (Å²) in [5.74, 6) is 1.25. The van der Waals surface area contributed by atoms with E-state index in [1.54, 1.807) is 10.4 Å². The molecule has 1 aromatic rings. The van der Waals surface area contributed by atoms with Gasteiger partial charge in [-0.3, -0.25) is 0 Å². The van der Waals surface area contributed by atoms with Gasteiger partial charge in [0.15, 0.2) is 0 Å². The first kappa shape index (κ1) is 13.1. The Bertz CT molecular complexity index is 701. The number of allylic oxidation sites excluding steroid dienone is 4. The first-order chi connectivity index (χ1) is 10.2. The van der Waals surface area contributed by atoms with E-state index in [9.17, 15) is 0 Å². The number of likely N-dealkylation sites (N-methyl/N-ethyl adjacent to an activating group) is 1. The maximum Gasteiger partial charge on any atom is 0.0574 e. The third-order valence-corrected chi connectivity index (χ3v) is 6.43. The van der Waals surface area contributed by atoms with Crippen LogP contribution < -0.4 is 0 Å². The van der Waals surface area contributed by atoms with E-state index in [1.165, 1.54) is 22.6 Å². The summed E-state index contributed by atoms with van der Waals surface area (Å²) in [4.78, 5) is 5.52. The molecule has 3 aliphatic rings. The molecule has 0 spiro atoms. The van der Waals surface area contributed by atoms with Gasteiger partial charge < -0.3 is 4.90 Å². The molecular weight excluding hydrogens is 274 g/mol. The lowest BCUT2D eigenvalue weighted by Gasteiger charge is -2.44. The van der Waals surface area contributed by atoms with Gasteiger partial charge in [-0.25, -0.2) is 0 Å². The minimum absolute atomic E-state index is 0.540. The van der Waals surface area contributed by atoms with Gasteiger partial charge in [0.1, 0.15) is 0 Å². The molecule has 0 radical (unpaired) electrons. The summed E-state index contributed by atoms with van der Waals surface area (Å²) in [6, 6.07) is 0.540. The van der Waals surface area contributed by atoms with Crippen LogP contribution >= 0.6 is 11.3 Å². The van der Waals surface area contributed by atoms with E-state index in [2.05, 4.69) is 68.3 Å². The van der Waals surface area contributed by atoms with E-state index >= 15 is 0 Å². The first-order valence-electron chi connectivity index (χ1n) is 7.80. The van der Waals surface area contributed by atoms with E-state index < -0.39 is 0 Å². The Hall–Kier alpha value is -1.54. The van der Waals surface area contributed by atoms with Crippen molar-refractivity contribution in [2.24, 2.45) is 0 Å². The molecular formula is C19H21NS.